The second-order valence-corrected chi connectivity index (χ2v) is 5.71. The SMILES string of the molecule is COC(=O)/C(OS(=O)(=O)C(F)(F)F)=C(/C(=O)OC)c1cccn1C. The summed E-state index contributed by atoms with van der Waals surface area (Å²) in [5, 5.41) is 0. The van der Waals surface area contributed by atoms with Gasteiger partial charge < -0.3 is 18.2 Å². The molecule has 134 valence electrons. The number of esters is 2. The lowest BCUT2D eigenvalue weighted by atomic mass is 10.1. The second kappa shape index (κ2) is 6.95. The van der Waals surface area contributed by atoms with Gasteiger partial charge in [-0.25, -0.2) is 9.59 Å². The molecule has 0 saturated heterocycles. The van der Waals surface area contributed by atoms with Gasteiger partial charge in [0.05, 0.1) is 19.9 Å². The molecule has 0 atom stereocenters. The van der Waals surface area contributed by atoms with Gasteiger partial charge in [0.2, 0.25) is 5.76 Å². The van der Waals surface area contributed by atoms with Gasteiger partial charge in [-0.3, -0.25) is 0 Å². The van der Waals surface area contributed by atoms with E-state index in [-0.39, 0.29) is 5.69 Å². The molecule has 1 heterocycles. The first-order valence-electron chi connectivity index (χ1n) is 5.99. The fourth-order valence-corrected chi connectivity index (χ4v) is 2.03. The van der Waals surface area contributed by atoms with Gasteiger partial charge in [-0.2, -0.15) is 21.6 Å². The number of nitrogens with zero attached hydrogens (tertiary/aromatic N) is 1. The van der Waals surface area contributed by atoms with Crippen molar-refractivity contribution >= 4 is 27.6 Å². The van der Waals surface area contributed by atoms with Crippen LogP contribution in [0.25, 0.3) is 5.57 Å². The van der Waals surface area contributed by atoms with Crippen molar-refractivity contribution in [2.75, 3.05) is 14.2 Å². The molecule has 0 saturated carbocycles. The minimum atomic E-state index is -6.22. The quantitative estimate of drug-likeness (QED) is 0.250. The van der Waals surface area contributed by atoms with E-state index in [1.165, 1.54) is 29.9 Å². The van der Waals surface area contributed by atoms with Gasteiger partial charge in [0.15, 0.2) is 0 Å². The molecule has 0 radical (unpaired) electrons. The van der Waals surface area contributed by atoms with Gasteiger partial charge in [0.25, 0.3) is 0 Å². The number of hydrogen-bond acceptors (Lipinski definition) is 7. The zero-order chi connectivity index (χ0) is 18.7. The van der Waals surface area contributed by atoms with E-state index in [0.29, 0.717) is 0 Å². The lowest BCUT2D eigenvalue weighted by molar-refractivity contribution is -0.140. The summed E-state index contributed by atoms with van der Waals surface area (Å²) in [5.41, 5.74) is -6.79. The Balaban J connectivity index is 3.70. The van der Waals surface area contributed by atoms with Crippen LogP contribution in [0.3, 0.4) is 0 Å². The Hall–Kier alpha value is -2.50. The molecule has 0 fully saturated rings. The number of halogens is 3. The minimum Gasteiger partial charge on any atom is -0.465 e. The van der Waals surface area contributed by atoms with Crippen LogP contribution in [-0.2, 0) is 40.4 Å². The summed E-state index contributed by atoms with van der Waals surface area (Å²) < 4.78 is 73.7. The number of methoxy groups -OCH3 is 2. The van der Waals surface area contributed by atoms with Crippen LogP contribution in [0, 0.1) is 0 Å². The summed E-state index contributed by atoms with van der Waals surface area (Å²) in [7, 11) is -3.17. The Kier molecular flexibility index (Phi) is 5.66. The van der Waals surface area contributed by atoms with Crippen molar-refractivity contribution < 1.29 is 44.8 Å². The molecule has 24 heavy (non-hydrogen) atoms. The molecular formula is C12H12F3NO7S. The summed E-state index contributed by atoms with van der Waals surface area (Å²) in [6, 6.07) is 2.63. The number of aromatic nitrogens is 1. The maximum atomic E-state index is 12.5. The van der Waals surface area contributed by atoms with Gasteiger partial charge >= 0.3 is 27.6 Å². The molecule has 1 aromatic heterocycles. The number of ether oxygens (including phenoxy) is 2. The Morgan fingerprint density at radius 2 is 1.67 bits per heavy atom. The highest BCUT2D eigenvalue weighted by Crippen LogP contribution is 2.30. The van der Waals surface area contributed by atoms with E-state index in [2.05, 4.69) is 13.7 Å². The van der Waals surface area contributed by atoms with Crippen molar-refractivity contribution in [3.05, 3.63) is 29.8 Å². The number of hydrogen-bond donors (Lipinski definition) is 0. The third kappa shape index (κ3) is 3.88. The number of alkyl halides is 3. The maximum Gasteiger partial charge on any atom is 0.534 e. The molecule has 0 N–H and O–H groups in total. The predicted molar refractivity (Wildman–Crippen MR) is 72.4 cm³/mol. The van der Waals surface area contributed by atoms with Crippen LogP contribution >= 0.6 is 0 Å². The Bertz CT molecular complexity index is 777. The number of rotatable bonds is 5. The summed E-state index contributed by atoms with van der Waals surface area (Å²) in [4.78, 5) is 23.6. The molecule has 0 amide bonds. The van der Waals surface area contributed by atoms with E-state index in [4.69, 9.17) is 0 Å². The van der Waals surface area contributed by atoms with E-state index in [0.717, 1.165) is 14.2 Å². The molecule has 8 nitrogen and oxygen atoms in total. The highest BCUT2D eigenvalue weighted by atomic mass is 32.2. The fraction of sp³-hybridized carbons (Fsp3) is 0.333. The smallest absolute Gasteiger partial charge is 0.465 e. The number of carbonyl (C=O) groups is 2. The van der Waals surface area contributed by atoms with Crippen LogP contribution < -0.4 is 0 Å². The van der Waals surface area contributed by atoms with E-state index in [1.54, 1.807) is 0 Å². The zero-order valence-corrected chi connectivity index (χ0v) is 13.4. The number of carbonyl (C=O) groups excluding carboxylic acids is 2. The highest BCUT2D eigenvalue weighted by molar-refractivity contribution is 7.87. The summed E-state index contributed by atoms with van der Waals surface area (Å²) in [5.74, 6) is -4.37. The Labute approximate surface area is 134 Å². The molecule has 0 aliphatic heterocycles. The summed E-state index contributed by atoms with van der Waals surface area (Å²) in [6.07, 6.45) is 1.39. The average Bonchev–Trinajstić information content (AvgIpc) is 2.90. The fourth-order valence-electron chi connectivity index (χ4n) is 1.56. The van der Waals surface area contributed by atoms with Gasteiger partial charge in [-0.15, -0.1) is 0 Å². The lowest BCUT2D eigenvalue weighted by Crippen LogP contribution is -2.28. The van der Waals surface area contributed by atoms with Crippen LogP contribution in [0.1, 0.15) is 5.69 Å². The van der Waals surface area contributed by atoms with E-state index >= 15 is 0 Å². The largest absolute Gasteiger partial charge is 0.534 e. The molecule has 0 unspecified atom stereocenters. The normalized spacial score (nSPS) is 13.1. The molecule has 1 rings (SSSR count). The first-order chi connectivity index (χ1) is 11.0. The lowest BCUT2D eigenvalue weighted by Gasteiger charge is -2.15. The van der Waals surface area contributed by atoms with Crippen molar-refractivity contribution in [1.29, 1.82) is 0 Å². The van der Waals surface area contributed by atoms with E-state index in [1.807, 2.05) is 0 Å². The van der Waals surface area contributed by atoms with Crippen LogP contribution in [0.2, 0.25) is 0 Å². The van der Waals surface area contributed by atoms with Crippen molar-refractivity contribution in [2.24, 2.45) is 7.05 Å². The van der Waals surface area contributed by atoms with Gasteiger partial charge in [-0.05, 0) is 12.1 Å². The van der Waals surface area contributed by atoms with E-state index in [9.17, 15) is 31.2 Å². The summed E-state index contributed by atoms with van der Waals surface area (Å²) >= 11 is 0. The van der Waals surface area contributed by atoms with Crippen molar-refractivity contribution in [3.8, 4) is 0 Å². The first kappa shape index (κ1) is 19.5. The molecule has 12 heteroatoms. The topological polar surface area (TPSA) is 101 Å². The van der Waals surface area contributed by atoms with Crippen molar-refractivity contribution in [2.45, 2.75) is 5.51 Å². The highest BCUT2D eigenvalue weighted by Gasteiger charge is 2.50. The van der Waals surface area contributed by atoms with Crippen molar-refractivity contribution in [1.82, 2.24) is 4.57 Å². The molecule has 1 aromatic rings. The monoisotopic (exact) mass is 371 g/mol. The third-order valence-electron chi connectivity index (χ3n) is 2.66. The molecule has 0 aliphatic carbocycles. The Morgan fingerprint density at radius 3 is 2.04 bits per heavy atom. The van der Waals surface area contributed by atoms with Crippen LogP contribution in [0.4, 0.5) is 13.2 Å². The molecule has 0 spiro atoms. The van der Waals surface area contributed by atoms with Gasteiger partial charge in [0.1, 0.15) is 5.57 Å². The van der Waals surface area contributed by atoms with Crippen LogP contribution in [0.5, 0.6) is 0 Å². The minimum absolute atomic E-state index is 0.125. The third-order valence-corrected chi connectivity index (χ3v) is 3.62. The zero-order valence-electron chi connectivity index (χ0n) is 12.6. The first-order valence-corrected chi connectivity index (χ1v) is 7.40. The standard InChI is InChI=1S/C12H12F3NO7S/c1-16-6-4-5-7(16)8(10(17)21-2)9(11(18)22-3)23-24(19,20)12(13,14)15/h4-6H,1-3H3/b9-8-. The average molecular weight is 371 g/mol. The second-order valence-electron chi connectivity index (χ2n) is 4.17. The summed E-state index contributed by atoms with van der Waals surface area (Å²) in [6.45, 7) is 0. The van der Waals surface area contributed by atoms with Gasteiger partial charge in [-0.1, -0.05) is 0 Å². The van der Waals surface area contributed by atoms with E-state index < -0.39 is 38.9 Å². The Morgan fingerprint density at radius 1 is 1.12 bits per heavy atom. The van der Waals surface area contributed by atoms with Gasteiger partial charge in [0, 0.05) is 13.2 Å². The predicted octanol–water partition coefficient (Wildman–Crippen LogP) is 0.948. The molecule has 0 bridgehead atoms. The number of aryl methyl sites for hydroxylation is 1. The molecule has 0 aromatic carbocycles. The molecule has 0 aliphatic rings. The molecular weight excluding hydrogens is 359 g/mol. The van der Waals surface area contributed by atoms with Crippen LogP contribution in [-0.4, -0.2) is 44.7 Å². The maximum absolute atomic E-state index is 12.5. The van der Waals surface area contributed by atoms with Crippen molar-refractivity contribution in [3.63, 3.8) is 0 Å². The van der Waals surface area contributed by atoms with Crippen LogP contribution in [0.15, 0.2) is 24.1 Å².